The molecule has 1 aromatic heterocycles. The molecule has 0 spiro atoms. The molecule has 1 heterocycles. The number of unbranched alkanes of at least 4 members (excludes halogenated alkanes) is 1. The van der Waals surface area contributed by atoms with Crippen molar-refractivity contribution >= 4 is 5.97 Å². The average Bonchev–Trinajstić information content (AvgIpc) is 3.35. The zero-order valence-electron chi connectivity index (χ0n) is 23.3. The summed E-state index contributed by atoms with van der Waals surface area (Å²) < 4.78 is 2.37. The maximum atomic E-state index is 11.5. The summed E-state index contributed by atoms with van der Waals surface area (Å²) in [4.78, 5) is 19.0. The first-order valence-electron chi connectivity index (χ1n) is 14.0. The Bertz CT molecular complexity index is 1580. The minimum atomic E-state index is -1.14. The van der Waals surface area contributed by atoms with Crippen molar-refractivity contribution in [1.29, 1.82) is 0 Å². The summed E-state index contributed by atoms with van der Waals surface area (Å²) in [5.74, 6) is -0.411. The van der Waals surface area contributed by atoms with E-state index in [1.54, 1.807) is 12.1 Å². The molecule has 4 aromatic carbocycles. The molecule has 2 N–H and O–H groups in total. The Morgan fingerprint density at radius 1 is 0.780 bits per heavy atom. The van der Waals surface area contributed by atoms with Crippen LogP contribution in [0.5, 0.6) is 5.75 Å². The van der Waals surface area contributed by atoms with Crippen molar-refractivity contribution in [3.05, 3.63) is 132 Å². The molecule has 6 heteroatoms. The second-order valence-electron chi connectivity index (χ2n) is 10.3. The summed E-state index contributed by atoms with van der Waals surface area (Å²) in [6.07, 6.45) is 2.09. The second kappa shape index (κ2) is 13.1. The third-order valence-electron chi connectivity index (χ3n) is 7.21. The highest BCUT2D eigenvalue weighted by Crippen LogP contribution is 2.32. The Morgan fingerprint density at radius 2 is 1.39 bits per heavy atom. The van der Waals surface area contributed by atoms with Gasteiger partial charge in [0.15, 0.2) is 0 Å². The highest BCUT2D eigenvalue weighted by atomic mass is 16.4. The fourth-order valence-electron chi connectivity index (χ4n) is 5.17. The van der Waals surface area contributed by atoms with Gasteiger partial charge in [0.05, 0.1) is 11.4 Å². The van der Waals surface area contributed by atoms with Crippen LogP contribution < -0.4 is 0 Å². The molecular weight excluding hydrogens is 510 g/mol. The third-order valence-corrected chi connectivity index (χ3v) is 7.21. The van der Waals surface area contributed by atoms with Crippen LogP contribution in [0.2, 0.25) is 0 Å². The fraction of sp³-hybridized carbons (Fsp3) is 0.200. The summed E-state index contributed by atoms with van der Waals surface area (Å²) in [5, 5.41) is 19.8. The van der Waals surface area contributed by atoms with Gasteiger partial charge in [0.25, 0.3) is 0 Å². The second-order valence-corrected chi connectivity index (χ2v) is 10.3. The Kier molecular flexibility index (Phi) is 8.92. The number of carboxylic acids is 1. The lowest BCUT2D eigenvalue weighted by atomic mass is 10.1. The van der Waals surface area contributed by atoms with Gasteiger partial charge >= 0.3 is 5.97 Å². The third kappa shape index (κ3) is 6.73. The monoisotopic (exact) mass is 545 g/mol. The predicted molar refractivity (Wildman–Crippen MR) is 162 cm³/mol. The van der Waals surface area contributed by atoms with E-state index in [-0.39, 0.29) is 11.3 Å². The summed E-state index contributed by atoms with van der Waals surface area (Å²) in [7, 11) is 0. The van der Waals surface area contributed by atoms with Crippen LogP contribution in [0.25, 0.3) is 22.6 Å². The number of aromatic nitrogens is 2. The van der Waals surface area contributed by atoms with Crippen molar-refractivity contribution < 1.29 is 15.0 Å². The van der Waals surface area contributed by atoms with E-state index in [1.807, 2.05) is 54.6 Å². The number of benzene rings is 4. The number of carbonyl (C=O) groups is 1. The Hall–Kier alpha value is -4.68. The van der Waals surface area contributed by atoms with Gasteiger partial charge in [0.2, 0.25) is 0 Å². The molecule has 208 valence electrons. The lowest BCUT2D eigenvalue weighted by Crippen LogP contribution is -2.24. The van der Waals surface area contributed by atoms with E-state index in [0.29, 0.717) is 19.6 Å². The molecule has 0 atom stereocenters. The Balaban J connectivity index is 1.60. The molecule has 0 radical (unpaired) electrons. The van der Waals surface area contributed by atoms with Gasteiger partial charge in [-0.25, -0.2) is 9.78 Å². The normalized spacial score (nSPS) is 11.2. The SMILES string of the molecule is CCCCn1c(-c2ccccc2)nc(-c2ccccc2)c1CN(Cc1ccccc1)Cc1ccc(C(=O)O)c(O)c1. The quantitative estimate of drug-likeness (QED) is 0.169. The largest absolute Gasteiger partial charge is 0.507 e. The van der Waals surface area contributed by atoms with Crippen LogP contribution >= 0.6 is 0 Å². The number of aromatic hydroxyl groups is 1. The van der Waals surface area contributed by atoms with E-state index < -0.39 is 5.97 Å². The standard InChI is InChI=1S/C35H35N3O3/c1-2-3-21-38-31(33(28-15-9-5-10-16-28)36-34(38)29-17-11-6-12-18-29)25-37(23-26-13-7-4-8-14-26)24-27-19-20-30(35(40)41)32(39)22-27/h4-20,22,39H,2-3,21,23-25H2,1H3,(H,40,41). The molecule has 41 heavy (non-hydrogen) atoms. The molecule has 0 fully saturated rings. The molecule has 0 unspecified atom stereocenters. The predicted octanol–water partition coefficient (Wildman–Crippen LogP) is 7.62. The highest BCUT2D eigenvalue weighted by Gasteiger charge is 2.22. The van der Waals surface area contributed by atoms with E-state index in [9.17, 15) is 15.0 Å². The molecule has 0 bridgehead atoms. The molecule has 5 aromatic rings. The van der Waals surface area contributed by atoms with Gasteiger partial charge in [-0.1, -0.05) is 110 Å². The summed E-state index contributed by atoms with van der Waals surface area (Å²) >= 11 is 0. The number of carboxylic acid groups (broad SMARTS) is 1. The molecule has 0 saturated carbocycles. The average molecular weight is 546 g/mol. The minimum absolute atomic E-state index is 0.0973. The first-order valence-corrected chi connectivity index (χ1v) is 14.0. The van der Waals surface area contributed by atoms with E-state index in [1.165, 1.54) is 11.6 Å². The lowest BCUT2D eigenvalue weighted by molar-refractivity contribution is 0.0693. The van der Waals surface area contributed by atoms with Crippen LogP contribution in [0.1, 0.15) is 46.9 Å². The zero-order chi connectivity index (χ0) is 28.6. The molecule has 0 saturated heterocycles. The number of imidazole rings is 1. The minimum Gasteiger partial charge on any atom is -0.507 e. The summed E-state index contributed by atoms with van der Waals surface area (Å²) in [5.41, 5.74) is 6.15. The number of hydrogen-bond donors (Lipinski definition) is 2. The number of hydrogen-bond acceptors (Lipinski definition) is 4. The molecule has 0 aliphatic rings. The van der Waals surface area contributed by atoms with E-state index in [2.05, 4.69) is 52.8 Å². The van der Waals surface area contributed by atoms with Crippen LogP contribution in [0.15, 0.2) is 109 Å². The van der Waals surface area contributed by atoms with Crippen molar-refractivity contribution in [2.24, 2.45) is 0 Å². The van der Waals surface area contributed by atoms with Crippen LogP contribution in [-0.4, -0.2) is 30.6 Å². The first kappa shape index (κ1) is 27.9. The smallest absolute Gasteiger partial charge is 0.339 e. The molecular formula is C35H35N3O3. The van der Waals surface area contributed by atoms with Crippen molar-refractivity contribution in [2.75, 3.05) is 0 Å². The highest BCUT2D eigenvalue weighted by molar-refractivity contribution is 5.90. The van der Waals surface area contributed by atoms with Gasteiger partial charge in [0.1, 0.15) is 17.1 Å². The van der Waals surface area contributed by atoms with E-state index in [4.69, 9.17) is 4.98 Å². The number of nitrogens with zero attached hydrogens (tertiary/aromatic N) is 3. The molecule has 0 amide bonds. The Labute approximate surface area is 241 Å². The summed E-state index contributed by atoms with van der Waals surface area (Å²) in [6, 6.07) is 35.8. The van der Waals surface area contributed by atoms with Crippen molar-refractivity contribution in [1.82, 2.24) is 14.5 Å². The van der Waals surface area contributed by atoms with E-state index >= 15 is 0 Å². The van der Waals surface area contributed by atoms with Crippen LogP contribution in [0.4, 0.5) is 0 Å². The van der Waals surface area contributed by atoms with E-state index in [0.717, 1.165) is 53.3 Å². The van der Waals surface area contributed by atoms with Crippen molar-refractivity contribution in [3.63, 3.8) is 0 Å². The van der Waals surface area contributed by atoms with Gasteiger partial charge in [-0.2, -0.15) is 0 Å². The molecule has 6 nitrogen and oxygen atoms in total. The lowest BCUT2D eigenvalue weighted by Gasteiger charge is -2.25. The topological polar surface area (TPSA) is 78.6 Å². The van der Waals surface area contributed by atoms with Gasteiger partial charge in [-0.15, -0.1) is 0 Å². The van der Waals surface area contributed by atoms with Gasteiger partial charge in [0, 0.05) is 37.3 Å². The van der Waals surface area contributed by atoms with Gasteiger partial charge in [-0.05, 0) is 29.7 Å². The fourth-order valence-corrected chi connectivity index (χ4v) is 5.17. The molecule has 5 rings (SSSR count). The van der Waals surface area contributed by atoms with Crippen LogP contribution in [-0.2, 0) is 26.2 Å². The molecule has 0 aliphatic heterocycles. The van der Waals surface area contributed by atoms with Crippen LogP contribution in [0, 0.1) is 0 Å². The van der Waals surface area contributed by atoms with Crippen molar-refractivity contribution in [3.8, 4) is 28.4 Å². The van der Waals surface area contributed by atoms with Crippen molar-refractivity contribution in [2.45, 2.75) is 45.9 Å². The first-order chi connectivity index (χ1) is 20.0. The maximum Gasteiger partial charge on any atom is 0.339 e. The number of aromatic carboxylic acids is 1. The summed E-state index contributed by atoms with van der Waals surface area (Å²) in [6.45, 7) is 4.87. The number of phenols is 1. The zero-order valence-corrected chi connectivity index (χ0v) is 23.3. The maximum absolute atomic E-state index is 11.5. The van der Waals surface area contributed by atoms with Gasteiger partial charge in [-0.3, -0.25) is 4.90 Å². The van der Waals surface area contributed by atoms with Crippen LogP contribution in [0.3, 0.4) is 0 Å². The molecule has 0 aliphatic carbocycles. The van der Waals surface area contributed by atoms with Gasteiger partial charge < -0.3 is 14.8 Å². The Morgan fingerprint density at radius 3 is 2.00 bits per heavy atom. The number of rotatable bonds is 12.